The van der Waals surface area contributed by atoms with Gasteiger partial charge in [0.15, 0.2) is 0 Å². The first kappa shape index (κ1) is 13.2. The molecule has 0 saturated heterocycles. The second-order valence-corrected chi connectivity index (χ2v) is 4.37. The molecule has 2 rings (SSSR count). The summed E-state index contributed by atoms with van der Waals surface area (Å²) < 4.78 is 5.06. The Bertz CT molecular complexity index is 595. The van der Waals surface area contributed by atoms with Crippen molar-refractivity contribution < 1.29 is 9.63 Å². The van der Waals surface area contributed by atoms with Crippen molar-refractivity contribution in [2.75, 3.05) is 0 Å². The Balaban J connectivity index is 2.19. The van der Waals surface area contributed by atoms with Crippen LogP contribution in [0.3, 0.4) is 0 Å². The molecule has 0 bridgehead atoms. The van der Waals surface area contributed by atoms with E-state index in [9.17, 15) is 5.11 Å². The van der Waals surface area contributed by atoms with Gasteiger partial charge in [-0.05, 0) is 26.0 Å². The first-order valence-electron chi connectivity index (χ1n) is 5.91. The number of rotatable bonds is 4. The minimum atomic E-state index is -0.779. The van der Waals surface area contributed by atoms with Crippen molar-refractivity contribution in [2.24, 2.45) is 0 Å². The molecule has 1 unspecified atom stereocenters. The largest absolute Gasteiger partial charge is 0.392 e. The number of pyridine rings is 1. The fraction of sp³-hybridized carbons (Fsp3) is 0.385. The lowest BCUT2D eigenvalue weighted by atomic mass is 10.2. The van der Waals surface area contributed by atoms with Gasteiger partial charge in [-0.25, -0.2) is 0 Å². The van der Waals surface area contributed by atoms with Crippen LogP contribution in [0.1, 0.15) is 23.7 Å². The van der Waals surface area contributed by atoms with E-state index in [1.165, 1.54) is 0 Å². The van der Waals surface area contributed by atoms with Gasteiger partial charge in [0.2, 0.25) is 11.7 Å². The summed E-state index contributed by atoms with van der Waals surface area (Å²) in [4.78, 5) is 8.49. The van der Waals surface area contributed by atoms with Crippen molar-refractivity contribution in [2.45, 2.75) is 32.8 Å². The molecule has 0 amide bonds. The third-order valence-electron chi connectivity index (χ3n) is 2.54. The SMILES string of the molecule is Cc1cc(-c2noc(CC(O)CC#N)n2)cc(C)n1. The Morgan fingerprint density at radius 3 is 2.63 bits per heavy atom. The predicted octanol–water partition coefficient (Wildman–Crippen LogP) is 1.57. The zero-order valence-corrected chi connectivity index (χ0v) is 10.8. The van der Waals surface area contributed by atoms with Crippen LogP contribution in [0.15, 0.2) is 16.7 Å². The normalized spacial score (nSPS) is 12.1. The van der Waals surface area contributed by atoms with E-state index < -0.39 is 6.10 Å². The molecule has 2 heterocycles. The molecular weight excluding hydrogens is 244 g/mol. The molecule has 0 fully saturated rings. The Morgan fingerprint density at radius 2 is 2.00 bits per heavy atom. The van der Waals surface area contributed by atoms with E-state index in [0.717, 1.165) is 17.0 Å². The van der Waals surface area contributed by atoms with E-state index in [0.29, 0.717) is 11.7 Å². The number of aromatic nitrogens is 3. The van der Waals surface area contributed by atoms with Gasteiger partial charge < -0.3 is 9.63 Å². The molecule has 98 valence electrons. The third kappa shape index (κ3) is 3.36. The van der Waals surface area contributed by atoms with Crippen LogP contribution in [-0.2, 0) is 6.42 Å². The number of nitriles is 1. The van der Waals surface area contributed by atoms with Gasteiger partial charge in [0, 0.05) is 17.0 Å². The van der Waals surface area contributed by atoms with Crippen LogP contribution in [-0.4, -0.2) is 26.3 Å². The molecule has 1 atom stereocenters. The maximum Gasteiger partial charge on any atom is 0.229 e. The summed E-state index contributed by atoms with van der Waals surface area (Å²) in [5.74, 6) is 0.789. The van der Waals surface area contributed by atoms with Crippen LogP contribution < -0.4 is 0 Å². The van der Waals surface area contributed by atoms with Gasteiger partial charge in [0.1, 0.15) is 0 Å². The van der Waals surface area contributed by atoms with Crippen LogP contribution in [0.2, 0.25) is 0 Å². The fourth-order valence-corrected chi connectivity index (χ4v) is 1.80. The van der Waals surface area contributed by atoms with E-state index in [1.54, 1.807) is 0 Å². The van der Waals surface area contributed by atoms with Crippen molar-refractivity contribution in [3.63, 3.8) is 0 Å². The standard InChI is InChI=1S/C13H14N4O2/c1-8-5-10(6-9(2)15-8)13-16-12(19-17-13)7-11(18)3-4-14/h5-6,11,18H,3,7H2,1-2H3. The number of aliphatic hydroxyl groups is 1. The lowest BCUT2D eigenvalue weighted by Crippen LogP contribution is -2.09. The third-order valence-corrected chi connectivity index (χ3v) is 2.54. The second kappa shape index (κ2) is 5.59. The molecule has 0 radical (unpaired) electrons. The van der Waals surface area contributed by atoms with Gasteiger partial charge in [0.25, 0.3) is 0 Å². The quantitative estimate of drug-likeness (QED) is 0.894. The molecule has 2 aromatic rings. The minimum Gasteiger partial charge on any atom is -0.392 e. The van der Waals surface area contributed by atoms with Gasteiger partial charge in [0.05, 0.1) is 25.0 Å². The minimum absolute atomic E-state index is 0.0468. The number of hydrogen-bond acceptors (Lipinski definition) is 6. The fourth-order valence-electron chi connectivity index (χ4n) is 1.80. The van der Waals surface area contributed by atoms with Crippen molar-refractivity contribution in [1.82, 2.24) is 15.1 Å². The first-order valence-corrected chi connectivity index (χ1v) is 5.91. The highest BCUT2D eigenvalue weighted by Crippen LogP contribution is 2.18. The van der Waals surface area contributed by atoms with E-state index in [1.807, 2.05) is 32.0 Å². The molecule has 2 aromatic heterocycles. The van der Waals surface area contributed by atoms with Crippen LogP contribution in [0.4, 0.5) is 0 Å². The van der Waals surface area contributed by atoms with Gasteiger partial charge in [-0.2, -0.15) is 10.2 Å². The van der Waals surface area contributed by atoms with Gasteiger partial charge in [-0.15, -0.1) is 0 Å². The molecule has 19 heavy (non-hydrogen) atoms. The Morgan fingerprint density at radius 1 is 1.32 bits per heavy atom. The smallest absolute Gasteiger partial charge is 0.229 e. The summed E-state index contributed by atoms with van der Waals surface area (Å²) >= 11 is 0. The molecule has 0 aliphatic rings. The highest BCUT2D eigenvalue weighted by atomic mass is 16.5. The molecule has 6 heteroatoms. The molecule has 6 nitrogen and oxygen atoms in total. The van der Waals surface area contributed by atoms with Crippen molar-refractivity contribution in [3.05, 3.63) is 29.4 Å². The van der Waals surface area contributed by atoms with E-state index >= 15 is 0 Å². The summed E-state index contributed by atoms with van der Waals surface area (Å²) in [6.07, 6.45) is -0.548. The Hall–Kier alpha value is -2.26. The molecule has 1 N–H and O–H groups in total. The van der Waals surface area contributed by atoms with E-state index in [4.69, 9.17) is 9.78 Å². The molecule has 0 aliphatic carbocycles. The first-order chi connectivity index (χ1) is 9.08. The lowest BCUT2D eigenvalue weighted by molar-refractivity contribution is 0.167. The average molecular weight is 258 g/mol. The van der Waals surface area contributed by atoms with Crippen LogP contribution in [0, 0.1) is 25.2 Å². The zero-order chi connectivity index (χ0) is 13.8. The molecular formula is C13H14N4O2. The van der Waals surface area contributed by atoms with Gasteiger partial charge >= 0.3 is 0 Å². The van der Waals surface area contributed by atoms with Crippen molar-refractivity contribution >= 4 is 0 Å². The molecule has 0 aromatic carbocycles. The van der Waals surface area contributed by atoms with Crippen molar-refractivity contribution in [1.29, 1.82) is 5.26 Å². The molecule has 0 spiro atoms. The summed E-state index contributed by atoms with van der Waals surface area (Å²) in [6, 6.07) is 5.63. The topological polar surface area (TPSA) is 95.8 Å². The number of aryl methyl sites for hydroxylation is 2. The summed E-state index contributed by atoms with van der Waals surface area (Å²) in [7, 11) is 0. The maximum atomic E-state index is 9.51. The predicted molar refractivity (Wildman–Crippen MR) is 66.9 cm³/mol. The van der Waals surface area contributed by atoms with Gasteiger partial charge in [-0.3, -0.25) is 4.98 Å². The molecule has 0 aliphatic heterocycles. The monoisotopic (exact) mass is 258 g/mol. The summed E-state index contributed by atoms with van der Waals surface area (Å²) in [5, 5.41) is 21.9. The number of aliphatic hydroxyl groups excluding tert-OH is 1. The van der Waals surface area contributed by atoms with Crippen molar-refractivity contribution in [3.8, 4) is 17.5 Å². The van der Waals surface area contributed by atoms with Crippen LogP contribution >= 0.6 is 0 Å². The summed E-state index contributed by atoms with van der Waals surface area (Å²) in [6.45, 7) is 3.79. The lowest BCUT2D eigenvalue weighted by Gasteiger charge is -2.00. The molecule has 0 saturated carbocycles. The van der Waals surface area contributed by atoms with Crippen LogP contribution in [0.25, 0.3) is 11.4 Å². The highest BCUT2D eigenvalue weighted by Gasteiger charge is 2.13. The Labute approximate surface area is 110 Å². The maximum absolute atomic E-state index is 9.51. The van der Waals surface area contributed by atoms with E-state index in [2.05, 4.69) is 15.1 Å². The van der Waals surface area contributed by atoms with Gasteiger partial charge in [-0.1, -0.05) is 5.16 Å². The number of hydrogen-bond donors (Lipinski definition) is 1. The number of nitrogens with zero attached hydrogens (tertiary/aromatic N) is 4. The second-order valence-electron chi connectivity index (χ2n) is 4.37. The highest BCUT2D eigenvalue weighted by molar-refractivity contribution is 5.55. The van der Waals surface area contributed by atoms with E-state index in [-0.39, 0.29) is 12.8 Å². The summed E-state index contributed by atoms with van der Waals surface area (Å²) in [5.41, 5.74) is 2.59. The average Bonchev–Trinajstić information content (AvgIpc) is 2.76. The Kier molecular flexibility index (Phi) is 3.88. The zero-order valence-electron chi connectivity index (χ0n) is 10.8. The van der Waals surface area contributed by atoms with Crippen LogP contribution in [0.5, 0.6) is 0 Å².